The third-order valence-electron chi connectivity index (χ3n) is 3.94. The third-order valence-corrected chi connectivity index (χ3v) is 7.35. The molecule has 3 N–H and O–H groups in total. The highest BCUT2D eigenvalue weighted by atomic mass is 32.2. The molecule has 27 heavy (non-hydrogen) atoms. The summed E-state index contributed by atoms with van der Waals surface area (Å²) in [6.45, 7) is 7.85. The van der Waals surface area contributed by atoms with Gasteiger partial charge >= 0.3 is 12.1 Å². The molecule has 1 saturated heterocycles. The summed E-state index contributed by atoms with van der Waals surface area (Å²) in [6.07, 6.45) is 2.15. The van der Waals surface area contributed by atoms with E-state index in [2.05, 4.69) is 17.6 Å². The van der Waals surface area contributed by atoms with E-state index in [1.165, 1.54) is 0 Å². The molecular weight excluding hydrogens is 388 g/mol. The second-order valence-corrected chi connectivity index (χ2v) is 11.2. The van der Waals surface area contributed by atoms with E-state index in [9.17, 15) is 19.5 Å². The first kappa shape index (κ1) is 23.9. The van der Waals surface area contributed by atoms with Crippen LogP contribution in [0.2, 0.25) is 0 Å². The summed E-state index contributed by atoms with van der Waals surface area (Å²) in [4.78, 5) is 34.9. The van der Waals surface area contributed by atoms with Gasteiger partial charge in [0.15, 0.2) is 0 Å². The van der Waals surface area contributed by atoms with Crippen LogP contribution in [0, 0.1) is 0 Å². The Hall–Kier alpha value is -1.09. The number of aliphatic carboxylic acids is 1. The highest BCUT2D eigenvalue weighted by Crippen LogP contribution is 2.46. The second kappa shape index (κ2) is 11.0. The van der Waals surface area contributed by atoms with Gasteiger partial charge in [-0.15, -0.1) is 23.5 Å². The number of carbonyl (C=O) groups is 3. The van der Waals surface area contributed by atoms with Gasteiger partial charge in [-0.25, -0.2) is 9.59 Å². The number of ether oxygens (including phenoxy) is 1. The van der Waals surface area contributed by atoms with Crippen LogP contribution < -0.4 is 10.6 Å². The number of carbonyl (C=O) groups excluding carboxylic acids is 2. The fourth-order valence-electron chi connectivity index (χ4n) is 2.54. The average Bonchev–Trinajstić information content (AvgIpc) is 2.96. The number of nitrogens with one attached hydrogen (secondary N) is 2. The Kier molecular flexibility index (Phi) is 9.80. The number of carboxylic acids is 1. The van der Waals surface area contributed by atoms with Crippen molar-refractivity contribution in [2.45, 2.75) is 75.5 Å². The molecule has 0 radical (unpaired) electrons. The van der Waals surface area contributed by atoms with Gasteiger partial charge in [0.05, 0.1) is 4.08 Å². The van der Waals surface area contributed by atoms with Crippen molar-refractivity contribution in [1.29, 1.82) is 0 Å². The molecule has 2 amide bonds. The van der Waals surface area contributed by atoms with Crippen molar-refractivity contribution in [1.82, 2.24) is 10.6 Å². The molecule has 0 aliphatic carbocycles. The standard InChI is InChI=1S/C18H32N2O5S2/c1-17(2,3)25-16(24)20-13(15(22)23)7-5-6-10-19-14(21)8-9-18(4)26-11-12-27-18/h13H,5-12H2,1-4H3,(H,19,21)(H,20,24)(H,22,23)/t13-/m0/s1. The lowest BCUT2D eigenvalue weighted by molar-refractivity contribution is -0.139. The van der Waals surface area contributed by atoms with E-state index in [0.29, 0.717) is 25.8 Å². The summed E-state index contributed by atoms with van der Waals surface area (Å²) in [6, 6.07) is -0.994. The number of thioether (sulfide) groups is 2. The maximum Gasteiger partial charge on any atom is 0.408 e. The van der Waals surface area contributed by atoms with E-state index in [1.807, 2.05) is 23.5 Å². The summed E-state index contributed by atoms with van der Waals surface area (Å²) in [5, 5.41) is 14.5. The lowest BCUT2D eigenvalue weighted by atomic mass is 10.1. The van der Waals surface area contributed by atoms with E-state index in [4.69, 9.17) is 4.74 Å². The van der Waals surface area contributed by atoms with E-state index < -0.39 is 23.7 Å². The summed E-state index contributed by atoms with van der Waals surface area (Å²) in [5.41, 5.74) is -0.677. The number of unbranched alkanes of at least 4 members (excludes halogenated alkanes) is 1. The van der Waals surface area contributed by atoms with Crippen LogP contribution in [-0.2, 0) is 14.3 Å². The highest BCUT2D eigenvalue weighted by molar-refractivity contribution is 8.21. The fourth-order valence-corrected chi connectivity index (χ4v) is 5.39. The Balaban J connectivity index is 2.19. The van der Waals surface area contributed by atoms with Gasteiger partial charge in [-0.1, -0.05) is 0 Å². The number of carboxylic acid groups (broad SMARTS) is 1. The minimum atomic E-state index is -1.09. The van der Waals surface area contributed by atoms with Crippen molar-refractivity contribution < 1.29 is 24.2 Å². The van der Waals surface area contributed by atoms with E-state index in [-0.39, 0.29) is 16.4 Å². The van der Waals surface area contributed by atoms with Crippen molar-refractivity contribution in [3.05, 3.63) is 0 Å². The molecule has 9 heteroatoms. The molecule has 7 nitrogen and oxygen atoms in total. The van der Waals surface area contributed by atoms with Crippen molar-refractivity contribution in [2.24, 2.45) is 0 Å². The lowest BCUT2D eigenvalue weighted by Gasteiger charge is -2.22. The predicted octanol–water partition coefficient (Wildman–Crippen LogP) is 3.23. The van der Waals surface area contributed by atoms with Gasteiger partial charge in [0.1, 0.15) is 11.6 Å². The molecule has 1 aliphatic rings. The average molecular weight is 421 g/mol. The van der Waals surface area contributed by atoms with Gasteiger partial charge < -0.3 is 20.5 Å². The van der Waals surface area contributed by atoms with Crippen LogP contribution in [0.25, 0.3) is 0 Å². The zero-order valence-corrected chi connectivity index (χ0v) is 18.3. The smallest absolute Gasteiger partial charge is 0.408 e. The first-order chi connectivity index (χ1) is 12.5. The van der Waals surface area contributed by atoms with Gasteiger partial charge in [0.25, 0.3) is 0 Å². The van der Waals surface area contributed by atoms with Crippen molar-refractivity contribution in [3.63, 3.8) is 0 Å². The van der Waals surface area contributed by atoms with Crippen LogP contribution in [-0.4, -0.2) is 56.8 Å². The molecule has 1 atom stereocenters. The Labute approximate surface area is 170 Å². The molecule has 0 aromatic heterocycles. The van der Waals surface area contributed by atoms with Crippen LogP contribution >= 0.6 is 23.5 Å². The Morgan fingerprint density at radius 2 is 1.81 bits per heavy atom. The molecule has 1 aliphatic heterocycles. The lowest BCUT2D eigenvalue weighted by Crippen LogP contribution is -2.43. The van der Waals surface area contributed by atoms with Crippen LogP contribution in [0.1, 0.15) is 59.8 Å². The number of hydrogen-bond acceptors (Lipinski definition) is 6. The fraction of sp³-hybridized carbons (Fsp3) is 0.833. The quantitative estimate of drug-likeness (QED) is 0.466. The Morgan fingerprint density at radius 3 is 2.37 bits per heavy atom. The zero-order chi connectivity index (χ0) is 20.5. The van der Waals surface area contributed by atoms with Crippen molar-refractivity contribution >= 4 is 41.5 Å². The maximum absolute atomic E-state index is 11.9. The Morgan fingerprint density at radius 1 is 1.19 bits per heavy atom. The SMILES string of the molecule is CC(C)(C)OC(=O)N[C@@H](CCCCNC(=O)CCC1(C)SCCS1)C(=O)O. The van der Waals surface area contributed by atoms with Crippen molar-refractivity contribution in [3.8, 4) is 0 Å². The number of alkyl carbamates (subject to hydrolysis) is 1. The topological polar surface area (TPSA) is 105 Å². The van der Waals surface area contributed by atoms with Crippen LogP contribution in [0.3, 0.4) is 0 Å². The molecule has 0 spiro atoms. The summed E-state index contributed by atoms with van der Waals surface area (Å²) in [5.74, 6) is 1.23. The highest BCUT2D eigenvalue weighted by Gasteiger charge is 2.30. The zero-order valence-electron chi connectivity index (χ0n) is 16.6. The van der Waals surface area contributed by atoms with Crippen molar-refractivity contribution in [2.75, 3.05) is 18.1 Å². The second-order valence-electron chi connectivity index (χ2n) is 7.71. The molecular formula is C18H32N2O5S2. The first-order valence-corrected chi connectivity index (χ1v) is 11.2. The molecule has 1 heterocycles. The predicted molar refractivity (Wildman–Crippen MR) is 110 cm³/mol. The van der Waals surface area contributed by atoms with Crippen LogP contribution in [0.15, 0.2) is 0 Å². The third kappa shape index (κ3) is 10.7. The van der Waals surface area contributed by atoms with Gasteiger partial charge in [-0.05, 0) is 53.4 Å². The van der Waals surface area contributed by atoms with Crippen LogP contribution in [0.4, 0.5) is 4.79 Å². The van der Waals surface area contributed by atoms with E-state index >= 15 is 0 Å². The minimum absolute atomic E-state index is 0.0333. The number of hydrogen-bond donors (Lipinski definition) is 3. The summed E-state index contributed by atoms with van der Waals surface area (Å²) >= 11 is 3.83. The summed E-state index contributed by atoms with van der Waals surface area (Å²) in [7, 11) is 0. The normalized spacial score (nSPS) is 17.2. The first-order valence-electron chi connectivity index (χ1n) is 9.28. The largest absolute Gasteiger partial charge is 0.480 e. The molecule has 0 saturated carbocycles. The van der Waals surface area contributed by atoms with Crippen LogP contribution in [0.5, 0.6) is 0 Å². The molecule has 156 valence electrons. The van der Waals surface area contributed by atoms with Gasteiger partial charge in [0.2, 0.25) is 5.91 Å². The van der Waals surface area contributed by atoms with E-state index in [1.54, 1.807) is 20.8 Å². The number of rotatable bonds is 10. The maximum atomic E-state index is 11.9. The monoisotopic (exact) mass is 420 g/mol. The van der Waals surface area contributed by atoms with E-state index in [0.717, 1.165) is 17.9 Å². The Bertz CT molecular complexity index is 516. The molecule has 1 fully saturated rings. The van der Waals surface area contributed by atoms with Gasteiger partial charge in [-0.3, -0.25) is 4.79 Å². The molecule has 0 bridgehead atoms. The molecule has 0 unspecified atom stereocenters. The molecule has 0 aromatic rings. The summed E-state index contributed by atoms with van der Waals surface area (Å²) < 4.78 is 5.23. The number of amides is 2. The molecule has 1 rings (SSSR count). The van der Waals surface area contributed by atoms with Gasteiger partial charge in [0, 0.05) is 24.5 Å². The minimum Gasteiger partial charge on any atom is -0.480 e. The van der Waals surface area contributed by atoms with Gasteiger partial charge in [-0.2, -0.15) is 0 Å². The molecule has 0 aromatic carbocycles.